The zero-order chi connectivity index (χ0) is 12.5. The van der Waals surface area contributed by atoms with E-state index in [1.165, 1.54) is 6.07 Å². The molecule has 0 aliphatic rings. The predicted molar refractivity (Wildman–Crippen MR) is 71.9 cm³/mol. The summed E-state index contributed by atoms with van der Waals surface area (Å²) in [5, 5.41) is 0.609. The first-order valence-electron chi connectivity index (χ1n) is 5.87. The molecule has 0 spiro atoms. The van der Waals surface area contributed by atoms with E-state index in [9.17, 15) is 4.39 Å². The zero-order valence-corrected chi connectivity index (χ0v) is 10.0. The maximum atomic E-state index is 14.2. The summed E-state index contributed by atoms with van der Waals surface area (Å²) in [6.45, 7) is 1.90. The molecule has 0 amide bonds. The van der Waals surface area contributed by atoms with Crippen LogP contribution in [-0.2, 0) is 0 Å². The fourth-order valence-corrected chi connectivity index (χ4v) is 2.17. The van der Waals surface area contributed by atoms with E-state index < -0.39 is 0 Å². The largest absolute Gasteiger partial charge is 0.248 e. The van der Waals surface area contributed by atoms with E-state index in [2.05, 4.69) is 4.98 Å². The fourth-order valence-electron chi connectivity index (χ4n) is 2.17. The highest BCUT2D eigenvalue weighted by molar-refractivity contribution is 5.85. The summed E-state index contributed by atoms with van der Waals surface area (Å²) in [6, 6.07) is 16.8. The first-order chi connectivity index (χ1) is 8.75. The number of pyridine rings is 1. The number of aromatic nitrogens is 1. The molecule has 0 unspecified atom stereocenters. The van der Waals surface area contributed by atoms with Crippen LogP contribution in [-0.4, -0.2) is 4.98 Å². The van der Waals surface area contributed by atoms with E-state index in [1.807, 2.05) is 55.5 Å². The fraction of sp³-hybridized carbons (Fsp3) is 0.0625. The lowest BCUT2D eigenvalue weighted by molar-refractivity contribution is 0.638. The average molecular weight is 237 g/mol. The minimum absolute atomic E-state index is 0.211. The van der Waals surface area contributed by atoms with Gasteiger partial charge in [-0.15, -0.1) is 0 Å². The van der Waals surface area contributed by atoms with Gasteiger partial charge in [-0.1, -0.05) is 42.5 Å². The number of aryl methyl sites for hydroxylation is 1. The van der Waals surface area contributed by atoms with Crippen LogP contribution >= 0.6 is 0 Å². The van der Waals surface area contributed by atoms with E-state index in [0.717, 1.165) is 11.1 Å². The molecule has 1 nitrogen and oxygen atoms in total. The van der Waals surface area contributed by atoms with Gasteiger partial charge in [0.15, 0.2) is 0 Å². The summed E-state index contributed by atoms with van der Waals surface area (Å²) >= 11 is 0. The molecule has 0 bridgehead atoms. The second kappa shape index (κ2) is 4.22. The van der Waals surface area contributed by atoms with Crippen molar-refractivity contribution < 1.29 is 4.39 Å². The van der Waals surface area contributed by atoms with Gasteiger partial charge in [0.2, 0.25) is 0 Å². The Morgan fingerprint density at radius 3 is 2.50 bits per heavy atom. The number of benzene rings is 2. The highest BCUT2D eigenvalue weighted by Crippen LogP contribution is 2.25. The SMILES string of the molecule is Cc1cccc2nc(-c3ccccc3)cc(F)c12. The summed E-state index contributed by atoms with van der Waals surface area (Å²) in [5.41, 5.74) is 3.22. The van der Waals surface area contributed by atoms with E-state index in [-0.39, 0.29) is 5.82 Å². The van der Waals surface area contributed by atoms with Crippen LogP contribution in [0.3, 0.4) is 0 Å². The van der Waals surface area contributed by atoms with Crippen LogP contribution in [0.4, 0.5) is 4.39 Å². The molecule has 0 saturated carbocycles. The molecule has 1 aromatic heterocycles. The Kier molecular flexibility index (Phi) is 2.56. The van der Waals surface area contributed by atoms with Crippen LogP contribution in [0.2, 0.25) is 0 Å². The quantitative estimate of drug-likeness (QED) is 0.613. The predicted octanol–water partition coefficient (Wildman–Crippen LogP) is 4.35. The first-order valence-corrected chi connectivity index (χ1v) is 5.87. The van der Waals surface area contributed by atoms with Crippen molar-refractivity contribution in [3.05, 3.63) is 66.0 Å². The second-order valence-electron chi connectivity index (χ2n) is 4.32. The topological polar surface area (TPSA) is 12.9 Å². The molecular weight excluding hydrogens is 225 g/mol. The Bertz CT molecular complexity index is 705. The molecule has 0 aliphatic carbocycles. The van der Waals surface area contributed by atoms with Gasteiger partial charge in [-0.2, -0.15) is 0 Å². The Morgan fingerprint density at radius 2 is 1.72 bits per heavy atom. The number of hydrogen-bond donors (Lipinski definition) is 0. The van der Waals surface area contributed by atoms with Crippen molar-refractivity contribution in [1.29, 1.82) is 0 Å². The summed E-state index contributed by atoms with van der Waals surface area (Å²) < 4.78 is 14.2. The van der Waals surface area contributed by atoms with E-state index >= 15 is 0 Å². The molecule has 0 fully saturated rings. The van der Waals surface area contributed by atoms with Crippen LogP contribution in [0.5, 0.6) is 0 Å². The van der Waals surface area contributed by atoms with Gasteiger partial charge in [0.1, 0.15) is 5.82 Å². The maximum Gasteiger partial charge on any atom is 0.135 e. The molecule has 1 heterocycles. The molecule has 0 saturated heterocycles. The van der Waals surface area contributed by atoms with Crippen LogP contribution in [0.25, 0.3) is 22.2 Å². The van der Waals surface area contributed by atoms with E-state index in [0.29, 0.717) is 16.6 Å². The lowest BCUT2D eigenvalue weighted by Crippen LogP contribution is -1.91. The minimum atomic E-state index is -0.211. The zero-order valence-electron chi connectivity index (χ0n) is 10.0. The van der Waals surface area contributed by atoms with Gasteiger partial charge in [0, 0.05) is 17.0 Å². The van der Waals surface area contributed by atoms with Crippen molar-refractivity contribution in [2.45, 2.75) is 6.92 Å². The van der Waals surface area contributed by atoms with Gasteiger partial charge in [-0.25, -0.2) is 9.37 Å². The third-order valence-electron chi connectivity index (χ3n) is 3.06. The van der Waals surface area contributed by atoms with Gasteiger partial charge < -0.3 is 0 Å². The normalized spacial score (nSPS) is 10.8. The van der Waals surface area contributed by atoms with Crippen molar-refractivity contribution in [3.63, 3.8) is 0 Å². The molecule has 2 heteroatoms. The number of rotatable bonds is 1. The molecule has 3 rings (SSSR count). The standard InChI is InChI=1S/C16H12FN/c1-11-6-5-9-14-16(11)13(17)10-15(18-14)12-7-3-2-4-8-12/h2-10H,1H3. The highest BCUT2D eigenvalue weighted by Gasteiger charge is 2.08. The number of hydrogen-bond acceptors (Lipinski definition) is 1. The molecule has 2 aromatic carbocycles. The van der Waals surface area contributed by atoms with Crippen molar-refractivity contribution in [3.8, 4) is 11.3 Å². The van der Waals surface area contributed by atoms with Crippen molar-refractivity contribution >= 4 is 10.9 Å². The molecule has 0 atom stereocenters. The van der Waals surface area contributed by atoms with Crippen LogP contribution < -0.4 is 0 Å². The van der Waals surface area contributed by atoms with Crippen molar-refractivity contribution in [2.24, 2.45) is 0 Å². The maximum absolute atomic E-state index is 14.2. The van der Waals surface area contributed by atoms with Crippen molar-refractivity contribution in [1.82, 2.24) is 4.98 Å². The van der Waals surface area contributed by atoms with Gasteiger partial charge in [0.25, 0.3) is 0 Å². The molecule has 0 N–H and O–H groups in total. The van der Waals surface area contributed by atoms with Gasteiger partial charge in [-0.3, -0.25) is 0 Å². The Morgan fingerprint density at radius 1 is 0.944 bits per heavy atom. The van der Waals surface area contributed by atoms with Gasteiger partial charge >= 0.3 is 0 Å². The molecule has 3 aromatic rings. The third kappa shape index (κ3) is 1.76. The first kappa shape index (κ1) is 10.9. The van der Waals surface area contributed by atoms with Gasteiger partial charge in [0.05, 0.1) is 11.2 Å². The Balaban J connectivity index is 2.29. The van der Waals surface area contributed by atoms with Crippen molar-refractivity contribution in [2.75, 3.05) is 0 Å². The number of nitrogens with zero attached hydrogens (tertiary/aromatic N) is 1. The lowest BCUT2D eigenvalue weighted by Gasteiger charge is -2.06. The second-order valence-corrected chi connectivity index (χ2v) is 4.32. The highest BCUT2D eigenvalue weighted by atomic mass is 19.1. The molecule has 18 heavy (non-hydrogen) atoms. The molecule has 88 valence electrons. The summed E-state index contributed by atoms with van der Waals surface area (Å²) in [7, 11) is 0. The van der Waals surface area contributed by atoms with Crippen LogP contribution in [0.15, 0.2) is 54.6 Å². The summed E-state index contributed by atoms with van der Waals surface area (Å²) in [4.78, 5) is 4.53. The lowest BCUT2D eigenvalue weighted by atomic mass is 10.1. The molecule has 0 radical (unpaired) electrons. The molecular formula is C16H12FN. The smallest absolute Gasteiger partial charge is 0.135 e. The molecule has 0 aliphatic heterocycles. The Hall–Kier alpha value is -2.22. The van der Waals surface area contributed by atoms with E-state index in [1.54, 1.807) is 0 Å². The van der Waals surface area contributed by atoms with Crippen LogP contribution in [0, 0.1) is 12.7 Å². The summed E-state index contributed by atoms with van der Waals surface area (Å²) in [6.07, 6.45) is 0. The minimum Gasteiger partial charge on any atom is -0.248 e. The Labute approximate surface area is 105 Å². The van der Waals surface area contributed by atoms with E-state index in [4.69, 9.17) is 0 Å². The third-order valence-corrected chi connectivity index (χ3v) is 3.06. The number of fused-ring (bicyclic) bond motifs is 1. The van der Waals surface area contributed by atoms with Gasteiger partial charge in [-0.05, 0) is 18.6 Å². The summed E-state index contributed by atoms with van der Waals surface area (Å²) in [5.74, 6) is -0.211. The number of halogens is 1. The monoisotopic (exact) mass is 237 g/mol. The average Bonchev–Trinajstić information content (AvgIpc) is 2.39. The van der Waals surface area contributed by atoms with Crippen LogP contribution in [0.1, 0.15) is 5.56 Å².